The first kappa shape index (κ1) is 21.7. The van der Waals surface area contributed by atoms with Gasteiger partial charge in [-0.2, -0.15) is 5.10 Å². The topological polar surface area (TPSA) is 59.8 Å². The fourth-order valence-electron chi connectivity index (χ4n) is 3.89. The van der Waals surface area contributed by atoms with Crippen LogP contribution in [-0.4, -0.2) is 20.7 Å². The molecule has 0 radical (unpaired) electrons. The number of nitrogens with one attached hydrogen (secondary N) is 1. The summed E-state index contributed by atoms with van der Waals surface area (Å²) in [5, 5.41) is 8.89. The first-order valence-corrected chi connectivity index (χ1v) is 10.9. The van der Waals surface area contributed by atoms with E-state index in [4.69, 9.17) is 5.10 Å². The van der Waals surface area contributed by atoms with E-state index < -0.39 is 0 Å². The molecule has 0 aliphatic heterocycles. The molecule has 0 saturated heterocycles. The van der Waals surface area contributed by atoms with Gasteiger partial charge in [0.05, 0.1) is 18.2 Å². The summed E-state index contributed by atoms with van der Waals surface area (Å²) in [6, 6.07) is 19.8. The Kier molecular flexibility index (Phi) is 6.59. The van der Waals surface area contributed by atoms with Crippen LogP contribution in [0, 0.1) is 11.7 Å². The fourth-order valence-corrected chi connectivity index (χ4v) is 3.89. The maximum Gasteiger partial charge on any atom is 0.225 e. The van der Waals surface area contributed by atoms with Gasteiger partial charge in [-0.3, -0.25) is 4.79 Å². The van der Waals surface area contributed by atoms with Gasteiger partial charge in [0.2, 0.25) is 5.91 Å². The van der Waals surface area contributed by atoms with Crippen molar-refractivity contribution >= 4 is 16.9 Å². The Labute approximate surface area is 187 Å². The third-order valence-corrected chi connectivity index (χ3v) is 5.33. The molecule has 164 valence electrons. The van der Waals surface area contributed by atoms with Crippen molar-refractivity contribution in [3.63, 3.8) is 0 Å². The summed E-state index contributed by atoms with van der Waals surface area (Å²) in [5.41, 5.74) is 3.04. The zero-order valence-electron chi connectivity index (χ0n) is 18.3. The van der Waals surface area contributed by atoms with E-state index in [1.165, 1.54) is 6.07 Å². The van der Waals surface area contributed by atoms with Crippen molar-refractivity contribution in [2.75, 3.05) is 0 Å². The first-order valence-electron chi connectivity index (χ1n) is 10.9. The summed E-state index contributed by atoms with van der Waals surface area (Å²) >= 11 is 0. The molecular weight excluding hydrogens is 403 g/mol. The molecule has 0 spiro atoms. The first-order chi connectivity index (χ1) is 15.5. The standard InChI is InChI=1S/C26H27FN4O/c1-18(2)17-31-26-21(12-8-14-28-26)25(30-31)23(15-19-9-4-3-5-10-19)29-24(32)16-20-11-6-7-13-22(20)27/h3-14,18,23H,15-17H2,1-2H3,(H,29,32)/t23-/m1/s1. The molecule has 0 saturated carbocycles. The minimum Gasteiger partial charge on any atom is -0.347 e. The van der Waals surface area contributed by atoms with Crippen LogP contribution in [0.3, 0.4) is 0 Å². The maximum absolute atomic E-state index is 14.1. The zero-order valence-corrected chi connectivity index (χ0v) is 18.3. The van der Waals surface area contributed by atoms with Gasteiger partial charge in [0.1, 0.15) is 5.82 Å². The highest BCUT2D eigenvalue weighted by Crippen LogP contribution is 2.26. The second-order valence-corrected chi connectivity index (χ2v) is 8.41. The van der Waals surface area contributed by atoms with Crippen LogP contribution in [0.25, 0.3) is 11.0 Å². The average molecular weight is 431 g/mol. The van der Waals surface area contributed by atoms with Crippen molar-refractivity contribution in [2.24, 2.45) is 5.92 Å². The summed E-state index contributed by atoms with van der Waals surface area (Å²) in [5.74, 6) is -0.222. The number of fused-ring (bicyclic) bond motifs is 1. The van der Waals surface area contributed by atoms with E-state index in [1.54, 1.807) is 24.4 Å². The number of hydrogen-bond donors (Lipinski definition) is 1. The number of rotatable bonds is 8. The van der Waals surface area contributed by atoms with Crippen LogP contribution in [0.2, 0.25) is 0 Å². The highest BCUT2D eigenvalue weighted by atomic mass is 19.1. The van der Waals surface area contributed by atoms with E-state index in [-0.39, 0.29) is 24.2 Å². The Bertz CT molecular complexity index is 1200. The Morgan fingerprint density at radius 1 is 1.03 bits per heavy atom. The van der Waals surface area contributed by atoms with Gasteiger partial charge in [-0.25, -0.2) is 14.1 Å². The second-order valence-electron chi connectivity index (χ2n) is 8.41. The van der Waals surface area contributed by atoms with Gasteiger partial charge in [0, 0.05) is 18.1 Å². The Balaban J connectivity index is 1.68. The number of aromatic nitrogens is 3. The predicted molar refractivity (Wildman–Crippen MR) is 123 cm³/mol. The number of carbonyl (C=O) groups excluding carboxylic acids is 1. The van der Waals surface area contributed by atoms with Crippen LogP contribution >= 0.6 is 0 Å². The fraction of sp³-hybridized carbons (Fsp3) is 0.269. The summed E-state index contributed by atoms with van der Waals surface area (Å²) in [4.78, 5) is 17.5. The van der Waals surface area contributed by atoms with E-state index in [0.717, 1.165) is 28.8 Å². The minimum atomic E-state index is -0.377. The molecule has 0 bridgehead atoms. The molecule has 4 rings (SSSR count). The molecule has 0 aliphatic carbocycles. The number of pyridine rings is 1. The van der Waals surface area contributed by atoms with Crippen LogP contribution in [-0.2, 0) is 24.2 Å². The highest BCUT2D eigenvalue weighted by molar-refractivity contribution is 5.82. The lowest BCUT2D eigenvalue weighted by molar-refractivity contribution is -0.121. The molecule has 4 aromatic rings. The summed E-state index contributed by atoms with van der Waals surface area (Å²) < 4.78 is 16.0. The monoisotopic (exact) mass is 430 g/mol. The number of amides is 1. The van der Waals surface area contributed by atoms with Crippen molar-refractivity contribution < 1.29 is 9.18 Å². The largest absolute Gasteiger partial charge is 0.347 e. The number of benzene rings is 2. The molecule has 6 heteroatoms. The van der Waals surface area contributed by atoms with Gasteiger partial charge < -0.3 is 5.32 Å². The predicted octanol–water partition coefficient (Wildman–Crippen LogP) is 4.87. The molecule has 5 nitrogen and oxygen atoms in total. The van der Waals surface area contributed by atoms with Gasteiger partial charge >= 0.3 is 0 Å². The van der Waals surface area contributed by atoms with Gasteiger partial charge in [-0.05, 0) is 41.7 Å². The van der Waals surface area contributed by atoms with E-state index in [0.29, 0.717) is 17.9 Å². The molecule has 2 aromatic heterocycles. The van der Waals surface area contributed by atoms with Gasteiger partial charge in [-0.15, -0.1) is 0 Å². The van der Waals surface area contributed by atoms with Crippen LogP contribution in [0.4, 0.5) is 4.39 Å². The van der Waals surface area contributed by atoms with Gasteiger partial charge in [0.25, 0.3) is 0 Å². The van der Waals surface area contributed by atoms with Crippen molar-refractivity contribution in [3.8, 4) is 0 Å². The molecule has 32 heavy (non-hydrogen) atoms. The van der Waals surface area contributed by atoms with E-state index in [2.05, 4.69) is 24.1 Å². The number of hydrogen-bond acceptors (Lipinski definition) is 3. The molecular formula is C26H27FN4O. The molecule has 0 unspecified atom stereocenters. The lowest BCUT2D eigenvalue weighted by Crippen LogP contribution is -2.32. The van der Waals surface area contributed by atoms with Gasteiger partial charge in [-0.1, -0.05) is 62.4 Å². The number of carbonyl (C=O) groups is 1. The molecule has 1 atom stereocenters. The lowest BCUT2D eigenvalue weighted by atomic mass is 10.0. The smallest absolute Gasteiger partial charge is 0.225 e. The molecule has 2 heterocycles. The van der Waals surface area contributed by atoms with Crippen LogP contribution in [0.5, 0.6) is 0 Å². The molecule has 1 amide bonds. The van der Waals surface area contributed by atoms with Crippen molar-refractivity contribution in [1.29, 1.82) is 0 Å². The quantitative estimate of drug-likeness (QED) is 0.434. The van der Waals surface area contributed by atoms with Crippen molar-refractivity contribution in [3.05, 3.63) is 95.6 Å². The molecule has 2 aromatic carbocycles. The SMILES string of the molecule is CC(C)Cn1nc([C@@H](Cc2ccccc2)NC(=O)Cc2ccccc2F)c2cccnc21. The second kappa shape index (κ2) is 9.73. The summed E-state index contributed by atoms with van der Waals surface area (Å²) in [6.45, 7) is 5.00. The lowest BCUT2D eigenvalue weighted by Gasteiger charge is -2.18. The minimum absolute atomic E-state index is 0.0269. The van der Waals surface area contributed by atoms with Crippen molar-refractivity contribution in [2.45, 2.75) is 39.3 Å². The highest BCUT2D eigenvalue weighted by Gasteiger charge is 2.23. The molecule has 0 aliphatic rings. The van der Waals surface area contributed by atoms with Crippen molar-refractivity contribution in [1.82, 2.24) is 20.1 Å². The Morgan fingerprint density at radius 3 is 2.53 bits per heavy atom. The van der Waals surface area contributed by atoms with Crippen LogP contribution in [0.15, 0.2) is 72.9 Å². The third kappa shape index (κ3) is 5.02. The zero-order chi connectivity index (χ0) is 22.5. The Morgan fingerprint density at radius 2 is 1.78 bits per heavy atom. The van der Waals surface area contributed by atoms with E-state index in [9.17, 15) is 9.18 Å². The third-order valence-electron chi connectivity index (χ3n) is 5.33. The van der Waals surface area contributed by atoms with Crippen LogP contribution < -0.4 is 5.32 Å². The maximum atomic E-state index is 14.1. The Hall–Kier alpha value is -3.54. The molecule has 1 N–H and O–H groups in total. The average Bonchev–Trinajstić information content (AvgIpc) is 3.13. The summed E-state index contributed by atoms with van der Waals surface area (Å²) in [7, 11) is 0. The van der Waals surface area contributed by atoms with Gasteiger partial charge in [0.15, 0.2) is 5.65 Å². The number of nitrogens with zero attached hydrogens (tertiary/aromatic N) is 3. The normalized spacial score (nSPS) is 12.2. The van der Waals surface area contributed by atoms with E-state index >= 15 is 0 Å². The molecule has 0 fully saturated rings. The number of halogens is 1. The van der Waals surface area contributed by atoms with E-state index in [1.807, 2.05) is 47.1 Å². The van der Waals surface area contributed by atoms with Crippen LogP contribution in [0.1, 0.15) is 36.7 Å². The summed E-state index contributed by atoms with van der Waals surface area (Å²) in [6.07, 6.45) is 2.31.